The van der Waals surface area contributed by atoms with E-state index in [0.717, 1.165) is 6.42 Å². The van der Waals surface area contributed by atoms with Crippen molar-refractivity contribution in [2.75, 3.05) is 6.61 Å². The van der Waals surface area contributed by atoms with E-state index in [1.807, 2.05) is 12.1 Å². The molecule has 0 saturated heterocycles. The van der Waals surface area contributed by atoms with Gasteiger partial charge in [-0.1, -0.05) is 44.7 Å². The maximum absolute atomic E-state index is 12.0. The second kappa shape index (κ2) is 10.8. The molecule has 4 nitrogen and oxygen atoms in total. The molecule has 0 aliphatic rings. The fourth-order valence-corrected chi connectivity index (χ4v) is 2.28. The first-order chi connectivity index (χ1) is 11.1. The number of esters is 2. The molecule has 0 amide bonds. The van der Waals surface area contributed by atoms with Crippen LogP contribution >= 0.6 is 0 Å². The number of hydrogen-bond donors (Lipinski definition) is 0. The Morgan fingerprint density at radius 3 is 2.26 bits per heavy atom. The predicted octanol–water partition coefficient (Wildman–Crippen LogP) is 4.31. The molecule has 23 heavy (non-hydrogen) atoms. The zero-order chi connectivity index (χ0) is 17.1. The van der Waals surface area contributed by atoms with Crippen LogP contribution in [-0.4, -0.2) is 24.6 Å². The second-order valence-corrected chi connectivity index (χ2v) is 5.66. The van der Waals surface area contributed by atoms with E-state index in [2.05, 4.69) is 6.92 Å². The molecule has 0 bridgehead atoms. The van der Waals surface area contributed by atoms with Crippen molar-refractivity contribution in [2.24, 2.45) is 0 Å². The quantitative estimate of drug-likeness (QED) is 0.476. The summed E-state index contributed by atoms with van der Waals surface area (Å²) in [6.07, 6.45) is 6.38. The molecule has 1 unspecified atom stereocenters. The van der Waals surface area contributed by atoms with Crippen LogP contribution in [0.2, 0.25) is 0 Å². The molecule has 0 radical (unpaired) electrons. The van der Waals surface area contributed by atoms with Crippen molar-refractivity contribution in [1.82, 2.24) is 0 Å². The van der Waals surface area contributed by atoms with Crippen LogP contribution in [0.15, 0.2) is 24.3 Å². The highest BCUT2D eigenvalue weighted by molar-refractivity contribution is 5.91. The molecular weight excluding hydrogens is 292 g/mol. The molecule has 0 aliphatic heterocycles. The molecule has 4 heteroatoms. The summed E-state index contributed by atoms with van der Waals surface area (Å²) in [6.45, 7) is 5.71. The molecule has 0 aliphatic carbocycles. The number of ether oxygens (including phenoxy) is 2. The molecule has 1 rings (SSSR count). The van der Waals surface area contributed by atoms with Gasteiger partial charge in [-0.15, -0.1) is 0 Å². The van der Waals surface area contributed by atoms with Crippen LogP contribution in [0, 0.1) is 0 Å². The zero-order valence-electron chi connectivity index (χ0n) is 14.5. The highest BCUT2D eigenvalue weighted by Gasteiger charge is 2.19. The molecule has 0 saturated carbocycles. The van der Waals surface area contributed by atoms with E-state index < -0.39 is 18.0 Å². The summed E-state index contributed by atoms with van der Waals surface area (Å²) in [5.74, 6) is -1.02. The summed E-state index contributed by atoms with van der Waals surface area (Å²) in [6, 6.07) is 7.40. The average Bonchev–Trinajstić information content (AvgIpc) is 2.55. The van der Waals surface area contributed by atoms with Crippen molar-refractivity contribution in [3.8, 4) is 0 Å². The number of carbonyl (C=O) groups excluding carboxylic acids is 2. The van der Waals surface area contributed by atoms with Crippen molar-refractivity contribution in [2.45, 2.75) is 65.4 Å². The Balaban J connectivity index is 2.43. The average molecular weight is 320 g/mol. The van der Waals surface area contributed by atoms with E-state index in [-0.39, 0.29) is 6.61 Å². The van der Waals surface area contributed by atoms with Gasteiger partial charge in [0.05, 0.1) is 12.2 Å². The SMILES string of the molecule is CCCCCCCc1ccc(C(=O)OC(C)C(=O)OCC)cc1. The van der Waals surface area contributed by atoms with Crippen LogP contribution in [0.1, 0.15) is 68.8 Å². The molecular formula is C19H28O4. The van der Waals surface area contributed by atoms with E-state index in [1.54, 1.807) is 19.1 Å². The first-order valence-corrected chi connectivity index (χ1v) is 8.55. The van der Waals surface area contributed by atoms with Crippen LogP contribution < -0.4 is 0 Å². The van der Waals surface area contributed by atoms with Gasteiger partial charge in [-0.25, -0.2) is 9.59 Å². The Morgan fingerprint density at radius 2 is 1.65 bits per heavy atom. The first kappa shape index (κ1) is 19.2. The van der Waals surface area contributed by atoms with E-state index >= 15 is 0 Å². The van der Waals surface area contributed by atoms with E-state index in [0.29, 0.717) is 5.56 Å². The minimum atomic E-state index is -0.888. The first-order valence-electron chi connectivity index (χ1n) is 8.55. The summed E-state index contributed by atoms with van der Waals surface area (Å²) in [4.78, 5) is 23.4. The maximum Gasteiger partial charge on any atom is 0.347 e. The summed E-state index contributed by atoms with van der Waals surface area (Å²) < 4.78 is 9.92. The van der Waals surface area contributed by atoms with Gasteiger partial charge in [0, 0.05) is 0 Å². The van der Waals surface area contributed by atoms with Gasteiger partial charge in [0.15, 0.2) is 6.10 Å². The number of unbranched alkanes of at least 4 members (excludes halogenated alkanes) is 4. The summed E-state index contributed by atoms with van der Waals surface area (Å²) in [7, 11) is 0. The van der Waals surface area contributed by atoms with E-state index in [1.165, 1.54) is 44.6 Å². The van der Waals surface area contributed by atoms with Gasteiger partial charge in [-0.3, -0.25) is 0 Å². The van der Waals surface area contributed by atoms with Crippen LogP contribution in [0.25, 0.3) is 0 Å². The third kappa shape index (κ3) is 7.31. The fraction of sp³-hybridized carbons (Fsp3) is 0.579. The van der Waals surface area contributed by atoms with Crippen molar-refractivity contribution in [3.05, 3.63) is 35.4 Å². The minimum absolute atomic E-state index is 0.272. The lowest BCUT2D eigenvalue weighted by molar-refractivity contribution is -0.152. The van der Waals surface area contributed by atoms with Gasteiger partial charge >= 0.3 is 11.9 Å². The highest BCUT2D eigenvalue weighted by atomic mass is 16.6. The van der Waals surface area contributed by atoms with Gasteiger partial charge < -0.3 is 9.47 Å². The highest BCUT2D eigenvalue weighted by Crippen LogP contribution is 2.12. The van der Waals surface area contributed by atoms with Crippen molar-refractivity contribution >= 4 is 11.9 Å². The number of rotatable bonds is 10. The molecule has 0 spiro atoms. The standard InChI is InChI=1S/C19H28O4/c1-4-6-7-8-9-10-16-11-13-17(14-12-16)19(21)23-15(3)18(20)22-5-2/h11-15H,4-10H2,1-3H3. The Hall–Kier alpha value is -1.84. The van der Waals surface area contributed by atoms with Gasteiger partial charge in [-0.05, 0) is 44.4 Å². The fourth-order valence-electron chi connectivity index (χ4n) is 2.28. The smallest absolute Gasteiger partial charge is 0.347 e. The molecule has 1 atom stereocenters. The molecule has 0 aromatic heterocycles. The Bertz CT molecular complexity index is 479. The van der Waals surface area contributed by atoms with Crippen molar-refractivity contribution in [3.63, 3.8) is 0 Å². The third-order valence-corrected chi connectivity index (χ3v) is 3.66. The molecule has 128 valence electrons. The van der Waals surface area contributed by atoms with Crippen molar-refractivity contribution in [1.29, 1.82) is 0 Å². The molecule has 0 N–H and O–H groups in total. The van der Waals surface area contributed by atoms with Crippen LogP contribution in [0.4, 0.5) is 0 Å². The predicted molar refractivity (Wildman–Crippen MR) is 90.4 cm³/mol. The Labute approximate surface area is 139 Å². The van der Waals surface area contributed by atoms with Crippen molar-refractivity contribution < 1.29 is 19.1 Å². The van der Waals surface area contributed by atoms with Gasteiger partial charge in [-0.2, -0.15) is 0 Å². The zero-order valence-corrected chi connectivity index (χ0v) is 14.5. The Kier molecular flexibility index (Phi) is 9.03. The molecule has 1 aromatic carbocycles. The van der Waals surface area contributed by atoms with Gasteiger partial charge in [0.25, 0.3) is 0 Å². The third-order valence-electron chi connectivity index (χ3n) is 3.66. The summed E-state index contributed by atoms with van der Waals surface area (Å²) in [5, 5.41) is 0. The van der Waals surface area contributed by atoms with Crippen LogP contribution in [0.5, 0.6) is 0 Å². The molecule has 1 aromatic rings. The normalized spacial score (nSPS) is 11.8. The lowest BCUT2D eigenvalue weighted by Gasteiger charge is -2.12. The van der Waals surface area contributed by atoms with Gasteiger partial charge in [0.1, 0.15) is 0 Å². The lowest BCUT2D eigenvalue weighted by atomic mass is 10.0. The van der Waals surface area contributed by atoms with Crippen LogP contribution in [0.3, 0.4) is 0 Å². The van der Waals surface area contributed by atoms with E-state index in [9.17, 15) is 9.59 Å². The van der Waals surface area contributed by atoms with Crippen LogP contribution in [-0.2, 0) is 20.7 Å². The summed E-state index contributed by atoms with van der Waals surface area (Å²) in [5.41, 5.74) is 1.67. The largest absolute Gasteiger partial charge is 0.463 e. The number of aryl methyl sites for hydroxylation is 1. The maximum atomic E-state index is 12.0. The monoisotopic (exact) mass is 320 g/mol. The second-order valence-electron chi connectivity index (χ2n) is 5.66. The summed E-state index contributed by atoms with van der Waals surface area (Å²) >= 11 is 0. The number of carbonyl (C=O) groups is 2. The molecule has 0 fully saturated rings. The van der Waals surface area contributed by atoms with Gasteiger partial charge in [0.2, 0.25) is 0 Å². The lowest BCUT2D eigenvalue weighted by Crippen LogP contribution is -2.26. The van der Waals surface area contributed by atoms with E-state index in [4.69, 9.17) is 9.47 Å². The molecule has 0 heterocycles. The minimum Gasteiger partial charge on any atom is -0.463 e. The topological polar surface area (TPSA) is 52.6 Å². The number of hydrogen-bond acceptors (Lipinski definition) is 4. The number of benzene rings is 1. The Morgan fingerprint density at radius 1 is 1.00 bits per heavy atom.